The first-order valence-electron chi connectivity index (χ1n) is 13.0. The van der Waals surface area contributed by atoms with Crippen LogP contribution in [0.5, 0.6) is 0 Å². The smallest absolute Gasteiger partial charge is 0.319 e. The molecule has 1 saturated carbocycles. The van der Waals surface area contributed by atoms with Gasteiger partial charge in [-0.3, -0.25) is 9.69 Å². The molecule has 3 aliphatic heterocycles. The van der Waals surface area contributed by atoms with Crippen LogP contribution in [0.4, 0.5) is 10.5 Å². The molecule has 0 spiro atoms. The number of carbonyl (C=O) groups excluding carboxylic acids is 2. The molecule has 1 aromatic rings. The molecule has 1 aliphatic carbocycles. The van der Waals surface area contributed by atoms with Crippen LogP contribution in [0.25, 0.3) is 0 Å². The van der Waals surface area contributed by atoms with Crippen molar-refractivity contribution in [3.8, 4) is 0 Å². The van der Waals surface area contributed by atoms with Gasteiger partial charge in [-0.05, 0) is 50.2 Å². The lowest BCUT2D eigenvalue weighted by Gasteiger charge is -2.37. The Kier molecular flexibility index (Phi) is 7.75. The normalized spacial score (nSPS) is 23.9. The standard InChI is InChI=1S/C26H36N6O5/c1-30-9-11-32(12-10-30)24(34)26(6-7-26)21-18-22(31-13-16-36-17-14-31)37-23(29-21)19-2-4-20(5-3-19)28-25(35)27-8-15-33/h2-5,18,22,33H,6-17H2,1H3,(H2,27,28,35). The fraction of sp³-hybridized carbons (Fsp3) is 0.577. The van der Waals surface area contributed by atoms with Crippen LogP contribution in [0.1, 0.15) is 18.4 Å². The highest BCUT2D eigenvalue weighted by Gasteiger charge is 2.56. The number of aliphatic imine (C=N–C) groups is 1. The second-order valence-electron chi connectivity index (χ2n) is 9.99. The van der Waals surface area contributed by atoms with Crippen molar-refractivity contribution in [1.82, 2.24) is 20.0 Å². The van der Waals surface area contributed by atoms with E-state index in [0.717, 1.165) is 63.4 Å². The molecule has 1 aromatic carbocycles. The third-order valence-electron chi connectivity index (χ3n) is 7.39. The van der Waals surface area contributed by atoms with Crippen molar-refractivity contribution >= 4 is 23.5 Å². The predicted octanol–water partition coefficient (Wildman–Crippen LogP) is 0.674. The average molecular weight is 513 g/mol. The van der Waals surface area contributed by atoms with Crippen molar-refractivity contribution in [3.63, 3.8) is 0 Å². The summed E-state index contributed by atoms with van der Waals surface area (Å²) in [6, 6.07) is 6.88. The molecule has 1 atom stereocenters. The molecule has 5 rings (SSSR count). The van der Waals surface area contributed by atoms with E-state index in [1.807, 2.05) is 23.1 Å². The summed E-state index contributed by atoms with van der Waals surface area (Å²) in [4.78, 5) is 37.0. The first-order chi connectivity index (χ1) is 18.0. The van der Waals surface area contributed by atoms with E-state index < -0.39 is 5.41 Å². The summed E-state index contributed by atoms with van der Waals surface area (Å²) < 4.78 is 11.9. The molecule has 11 nitrogen and oxygen atoms in total. The number of nitrogens with one attached hydrogen (secondary N) is 2. The molecule has 0 bridgehead atoms. The van der Waals surface area contributed by atoms with E-state index >= 15 is 0 Å². The number of aliphatic hydroxyl groups excluding tert-OH is 1. The third kappa shape index (κ3) is 5.80. The van der Waals surface area contributed by atoms with Crippen molar-refractivity contribution in [2.24, 2.45) is 10.4 Å². The van der Waals surface area contributed by atoms with Crippen LogP contribution in [0, 0.1) is 5.41 Å². The Bertz CT molecular complexity index is 1040. The first-order valence-corrected chi connectivity index (χ1v) is 13.0. The van der Waals surface area contributed by atoms with Gasteiger partial charge in [-0.25, -0.2) is 9.79 Å². The molecular weight excluding hydrogens is 476 g/mol. The number of aliphatic hydroxyl groups is 1. The van der Waals surface area contributed by atoms with Crippen molar-refractivity contribution in [3.05, 3.63) is 41.6 Å². The zero-order chi connectivity index (χ0) is 25.8. The maximum absolute atomic E-state index is 13.7. The summed E-state index contributed by atoms with van der Waals surface area (Å²) in [6.07, 6.45) is 3.29. The molecule has 37 heavy (non-hydrogen) atoms. The summed E-state index contributed by atoms with van der Waals surface area (Å²) in [5.74, 6) is 0.647. The van der Waals surface area contributed by atoms with E-state index in [1.54, 1.807) is 12.1 Å². The molecule has 0 radical (unpaired) electrons. The fourth-order valence-electron chi connectivity index (χ4n) is 4.93. The minimum Gasteiger partial charge on any atom is -0.454 e. The molecule has 11 heteroatoms. The number of piperazine rings is 1. The number of amides is 3. The molecule has 3 amide bonds. The minimum atomic E-state index is -0.582. The largest absolute Gasteiger partial charge is 0.454 e. The van der Waals surface area contributed by atoms with E-state index in [0.29, 0.717) is 24.8 Å². The molecule has 2 saturated heterocycles. The summed E-state index contributed by atoms with van der Waals surface area (Å²) in [5.41, 5.74) is 1.59. The predicted molar refractivity (Wildman–Crippen MR) is 138 cm³/mol. The number of likely N-dealkylation sites (N-methyl/N-ethyl adjacent to an activating group) is 1. The maximum atomic E-state index is 13.7. The fourth-order valence-corrected chi connectivity index (χ4v) is 4.93. The van der Waals surface area contributed by atoms with Gasteiger partial charge in [0.05, 0.1) is 30.9 Å². The van der Waals surface area contributed by atoms with Crippen molar-refractivity contribution < 1.29 is 24.2 Å². The Balaban J connectivity index is 1.37. The molecule has 3 fully saturated rings. The average Bonchev–Trinajstić information content (AvgIpc) is 3.75. The third-order valence-corrected chi connectivity index (χ3v) is 7.39. The highest BCUT2D eigenvalue weighted by molar-refractivity contribution is 5.98. The van der Waals surface area contributed by atoms with Gasteiger partial charge in [0, 0.05) is 57.1 Å². The molecule has 0 aromatic heterocycles. The monoisotopic (exact) mass is 512 g/mol. The van der Waals surface area contributed by atoms with Gasteiger partial charge in [0.15, 0.2) is 6.23 Å². The molecule has 200 valence electrons. The molecule has 3 N–H and O–H groups in total. The first kappa shape index (κ1) is 25.7. The number of hydrogen-bond acceptors (Lipinski definition) is 8. The van der Waals surface area contributed by atoms with Crippen LogP contribution in [-0.2, 0) is 14.3 Å². The van der Waals surface area contributed by atoms with Crippen molar-refractivity contribution in [2.75, 3.05) is 78.0 Å². The van der Waals surface area contributed by atoms with Crippen LogP contribution in [0.2, 0.25) is 0 Å². The zero-order valence-electron chi connectivity index (χ0n) is 21.3. The van der Waals surface area contributed by atoms with Gasteiger partial charge in [0.25, 0.3) is 0 Å². The Morgan fingerprint density at radius 2 is 1.78 bits per heavy atom. The lowest BCUT2D eigenvalue weighted by Crippen LogP contribution is -2.50. The summed E-state index contributed by atoms with van der Waals surface area (Å²) >= 11 is 0. The second kappa shape index (κ2) is 11.2. The number of hydrogen-bond donors (Lipinski definition) is 3. The van der Waals surface area contributed by atoms with Crippen molar-refractivity contribution in [1.29, 1.82) is 0 Å². The van der Waals surface area contributed by atoms with Gasteiger partial charge in [-0.2, -0.15) is 0 Å². The molecule has 4 aliphatic rings. The van der Waals surface area contributed by atoms with Gasteiger partial charge in [-0.1, -0.05) is 0 Å². The van der Waals surface area contributed by atoms with E-state index in [2.05, 4.69) is 27.5 Å². The molecule has 1 unspecified atom stereocenters. The number of ether oxygens (including phenoxy) is 2. The highest BCUT2D eigenvalue weighted by atomic mass is 16.5. The van der Waals surface area contributed by atoms with E-state index in [1.165, 1.54) is 0 Å². The van der Waals surface area contributed by atoms with Gasteiger partial charge in [0.1, 0.15) is 0 Å². The Morgan fingerprint density at radius 3 is 2.43 bits per heavy atom. The summed E-state index contributed by atoms with van der Waals surface area (Å²) in [5, 5.41) is 14.2. The van der Waals surface area contributed by atoms with Crippen LogP contribution in [-0.4, -0.2) is 117 Å². The van der Waals surface area contributed by atoms with Gasteiger partial charge in [0.2, 0.25) is 11.8 Å². The molecule has 3 heterocycles. The number of benzene rings is 1. The van der Waals surface area contributed by atoms with Crippen LogP contribution in [0.15, 0.2) is 41.0 Å². The quantitative estimate of drug-likeness (QED) is 0.492. The summed E-state index contributed by atoms with van der Waals surface area (Å²) in [7, 11) is 2.08. The Hall–Kier alpha value is -2.99. The van der Waals surface area contributed by atoms with Gasteiger partial charge >= 0.3 is 6.03 Å². The second-order valence-corrected chi connectivity index (χ2v) is 9.99. The lowest BCUT2D eigenvalue weighted by atomic mass is 9.98. The number of rotatable bonds is 7. The number of anilines is 1. The lowest BCUT2D eigenvalue weighted by molar-refractivity contribution is -0.137. The van der Waals surface area contributed by atoms with Gasteiger partial charge in [-0.15, -0.1) is 0 Å². The number of urea groups is 1. The Labute approximate surface area is 217 Å². The summed E-state index contributed by atoms with van der Waals surface area (Å²) in [6.45, 7) is 6.07. The van der Waals surface area contributed by atoms with Crippen molar-refractivity contribution in [2.45, 2.75) is 19.1 Å². The number of nitrogens with zero attached hydrogens (tertiary/aromatic N) is 4. The maximum Gasteiger partial charge on any atom is 0.319 e. The molecular formula is C26H36N6O5. The zero-order valence-corrected chi connectivity index (χ0v) is 21.3. The van der Waals surface area contributed by atoms with Gasteiger partial charge < -0.3 is 35.0 Å². The van der Waals surface area contributed by atoms with Crippen LogP contribution >= 0.6 is 0 Å². The van der Waals surface area contributed by atoms with E-state index in [4.69, 9.17) is 19.6 Å². The topological polar surface area (TPSA) is 119 Å². The van der Waals surface area contributed by atoms with Crippen LogP contribution in [0.3, 0.4) is 0 Å². The Morgan fingerprint density at radius 1 is 1.08 bits per heavy atom. The number of morpholine rings is 1. The van der Waals surface area contributed by atoms with Crippen LogP contribution < -0.4 is 10.6 Å². The number of carbonyl (C=O) groups is 2. The van der Waals surface area contributed by atoms with E-state index in [9.17, 15) is 9.59 Å². The SMILES string of the molecule is CN1CCN(C(=O)C2(C3=CC(N4CCOCC4)OC(c4ccc(NC(=O)NCCO)cc4)=N3)CC2)CC1. The van der Waals surface area contributed by atoms with E-state index in [-0.39, 0.29) is 31.3 Å². The minimum absolute atomic E-state index is 0.123. The highest BCUT2D eigenvalue weighted by Crippen LogP contribution is 2.54.